The molecule has 9 heteroatoms. The highest BCUT2D eigenvalue weighted by Gasteiger charge is 2.60. The number of fused-ring (bicyclic) bond motifs is 1. The van der Waals surface area contributed by atoms with E-state index in [0.717, 1.165) is 11.1 Å². The Bertz CT molecular complexity index is 1330. The van der Waals surface area contributed by atoms with E-state index in [1.165, 1.54) is 10.8 Å². The summed E-state index contributed by atoms with van der Waals surface area (Å²) in [6, 6.07) is 24.4. The number of nitrogens with two attached hydrogens (primary N) is 1. The van der Waals surface area contributed by atoms with Crippen molar-refractivity contribution in [3.63, 3.8) is 0 Å². The van der Waals surface area contributed by atoms with Crippen LogP contribution >= 0.6 is 0 Å². The Labute approximate surface area is 201 Å². The zero-order valence-corrected chi connectivity index (χ0v) is 18.8. The predicted molar refractivity (Wildman–Crippen MR) is 126 cm³/mol. The quantitative estimate of drug-likeness (QED) is 0.417. The van der Waals surface area contributed by atoms with Crippen molar-refractivity contribution in [1.29, 1.82) is 5.26 Å². The lowest BCUT2D eigenvalue weighted by atomic mass is 9.93. The number of halogens is 1. The van der Waals surface area contributed by atoms with Gasteiger partial charge in [-0.2, -0.15) is 10.4 Å². The van der Waals surface area contributed by atoms with Crippen LogP contribution in [0.2, 0.25) is 0 Å². The van der Waals surface area contributed by atoms with Crippen molar-refractivity contribution >= 4 is 11.3 Å². The van der Waals surface area contributed by atoms with Crippen molar-refractivity contribution in [2.45, 2.75) is 37.2 Å². The molecule has 0 radical (unpaired) electrons. The number of ether oxygens (including phenoxy) is 3. The standard InChI is InChI=1S/C26H24FN5O3/c27-23-21(15-33-13-18-7-3-1-4-8-18)35-26(16-28,24(23)34-14-19-9-5-2-6-10-19)22-12-11-20-25(29)30-17-31-32(20)22/h1-12,17,21,23-24H,13-15H2,(H2,29,30,31)/t21-,23-,24-,26+/m1/s1. The molecule has 8 nitrogen and oxygen atoms in total. The molecular weight excluding hydrogens is 449 g/mol. The average Bonchev–Trinajstić information content (AvgIpc) is 3.45. The minimum absolute atomic E-state index is 0.0505. The van der Waals surface area contributed by atoms with Crippen molar-refractivity contribution in [1.82, 2.24) is 14.6 Å². The first-order chi connectivity index (χ1) is 17.1. The van der Waals surface area contributed by atoms with Gasteiger partial charge in [-0.1, -0.05) is 60.7 Å². The molecule has 0 saturated carbocycles. The van der Waals surface area contributed by atoms with Crippen LogP contribution < -0.4 is 5.73 Å². The fourth-order valence-corrected chi connectivity index (χ4v) is 4.34. The van der Waals surface area contributed by atoms with E-state index in [4.69, 9.17) is 19.9 Å². The molecular formula is C26H24FN5O3. The molecule has 4 aromatic rings. The van der Waals surface area contributed by atoms with E-state index >= 15 is 4.39 Å². The number of nitrogens with zero attached hydrogens (tertiary/aromatic N) is 4. The first-order valence-electron chi connectivity index (χ1n) is 11.2. The van der Waals surface area contributed by atoms with Crippen LogP contribution in [0.15, 0.2) is 79.1 Å². The van der Waals surface area contributed by atoms with Crippen LogP contribution in [0.3, 0.4) is 0 Å². The van der Waals surface area contributed by atoms with Crippen LogP contribution in [0.1, 0.15) is 16.8 Å². The van der Waals surface area contributed by atoms with E-state index in [0.29, 0.717) is 17.8 Å². The Morgan fingerprint density at radius 3 is 2.40 bits per heavy atom. The van der Waals surface area contributed by atoms with Gasteiger partial charge < -0.3 is 19.9 Å². The van der Waals surface area contributed by atoms with Gasteiger partial charge in [-0.3, -0.25) is 0 Å². The lowest BCUT2D eigenvalue weighted by molar-refractivity contribution is -0.0936. The van der Waals surface area contributed by atoms with Gasteiger partial charge in [0.1, 0.15) is 30.1 Å². The van der Waals surface area contributed by atoms with Gasteiger partial charge in [-0.25, -0.2) is 13.9 Å². The largest absolute Gasteiger partial charge is 0.382 e. The second-order valence-corrected chi connectivity index (χ2v) is 8.33. The van der Waals surface area contributed by atoms with Gasteiger partial charge in [0.2, 0.25) is 5.60 Å². The summed E-state index contributed by atoms with van der Waals surface area (Å²) in [7, 11) is 0. The Hall–Kier alpha value is -3.84. The third-order valence-corrected chi connectivity index (χ3v) is 6.08. The second-order valence-electron chi connectivity index (χ2n) is 8.33. The fraction of sp³-hybridized carbons (Fsp3) is 0.269. The van der Waals surface area contributed by atoms with Crippen LogP contribution in [0, 0.1) is 11.3 Å². The number of hydrogen-bond acceptors (Lipinski definition) is 7. The van der Waals surface area contributed by atoms with E-state index in [-0.39, 0.29) is 19.0 Å². The van der Waals surface area contributed by atoms with Crippen molar-refractivity contribution in [2.24, 2.45) is 0 Å². The van der Waals surface area contributed by atoms with Gasteiger partial charge in [0.25, 0.3) is 0 Å². The number of alkyl halides is 1. The third kappa shape index (κ3) is 4.35. The summed E-state index contributed by atoms with van der Waals surface area (Å²) in [6.07, 6.45) is -2.60. The molecule has 35 heavy (non-hydrogen) atoms. The number of benzene rings is 2. The number of anilines is 1. The van der Waals surface area contributed by atoms with E-state index in [1.807, 2.05) is 60.7 Å². The first-order valence-corrected chi connectivity index (χ1v) is 11.2. The Morgan fingerprint density at radius 2 is 1.71 bits per heavy atom. The van der Waals surface area contributed by atoms with E-state index in [1.54, 1.807) is 12.1 Å². The summed E-state index contributed by atoms with van der Waals surface area (Å²) in [5, 5.41) is 14.6. The number of aromatic nitrogens is 3. The lowest BCUT2D eigenvalue weighted by Crippen LogP contribution is -2.41. The molecule has 4 atom stereocenters. The average molecular weight is 474 g/mol. The molecule has 1 saturated heterocycles. The molecule has 2 aromatic heterocycles. The Kier molecular flexibility index (Phi) is 6.42. The number of nitriles is 1. The van der Waals surface area contributed by atoms with Crippen molar-refractivity contribution in [3.8, 4) is 6.07 Å². The normalized spacial score (nSPS) is 23.9. The van der Waals surface area contributed by atoms with Crippen LogP contribution in [0.5, 0.6) is 0 Å². The van der Waals surface area contributed by atoms with Gasteiger partial charge in [0, 0.05) is 0 Å². The smallest absolute Gasteiger partial charge is 0.226 e. The molecule has 1 fully saturated rings. The van der Waals surface area contributed by atoms with Gasteiger partial charge in [-0.05, 0) is 23.3 Å². The van der Waals surface area contributed by atoms with Gasteiger partial charge in [0.15, 0.2) is 12.0 Å². The monoisotopic (exact) mass is 473 g/mol. The molecule has 178 valence electrons. The van der Waals surface area contributed by atoms with E-state index in [2.05, 4.69) is 16.2 Å². The highest BCUT2D eigenvalue weighted by molar-refractivity contribution is 5.66. The summed E-state index contributed by atoms with van der Waals surface area (Å²) in [4.78, 5) is 3.99. The third-order valence-electron chi connectivity index (χ3n) is 6.08. The summed E-state index contributed by atoms with van der Waals surface area (Å²) in [5.41, 5.74) is 6.81. The molecule has 0 spiro atoms. The molecule has 0 amide bonds. The van der Waals surface area contributed by atoms with Crippen molar-refractivity contribution in [3.05, 3.63) is 95.9 Å². The zero-order chi connectivity index (χ0) is 24.3. The van der Waals surface area contributed by atoms with Crippen LogP contribution in [0.4, 0.5) is 10.2 Å². The first kappa shape index (κ1) is 22.9. The topological polar surface area (TPSA) is 108 Å². The minimum Gasteiger partial charge on any atom is -0.382 e. The van der Waals surface area contributed by atoms with E-state index in [9.17, 15) is 5.26 Å². The molecule has 5 rings (SSSR count). The summed E-state index contributed by atoms with van der Waals surface area (Å²) < 4.78 is 35.3. The molecule has 0 bridgehead atoms. The van der Waals surface area contributed by atoms with Crippen LogP contribution in [0.25, 0.3) is 5.52 Å². The zero-order valence-electron chi connectivity index (χ0n) is 18.8. The molecule has 0 aliphatic carbocycles. The van der Waals surface area contributed by atoms with Crippen LogP contribution in [-0.4, -0.2) is 39.6 Å². The summed E-state index contributed by atoms with van der Waals surface area (Å²) >= 11 is 0. The summed E-state index contributed by atoms with van der Waals surface area (Å²) in [6.45, 7) is 0.349. The molecule has 3 heterocycles. The van der Waals surface area contributed by atoms with Gasteiger partial charge in [-0.15, -0.1) is 0 Å². The van der Waals surface area contributed by atoms with Crippen molar-refractivity contribution in [2.75, 3.05) is 12.3 Å². The summed E-state index contributed by atoms with van der Waals surface area (Å²) in [5.74, 6) is 0.235. The molecule has 2 aromatic carbocycles. The fourth-order valence-electron chi connectivity index (χ4n) is 4.34. The SMILES string of the molecule is N#C[C@@]1(c2ccc3c(N)ncnn23)O[C@H](COCc2ccccc2)[C@@H](F)[C@H]1OCc1ccccc1. The van der Waals surface area contributed by atoms with Crippen LogP contribution in [-0.2, 0) is 33.0 Å². The number of hydrogen-bond donors (Lipinski definition) is 1. The van der Waals surface area contributed by atoms with Crippen molar-refractivity contribution < 1.29 is 18.6 Å². The predicted octanol–water partition coefficient (Wildman–Crippen LogP) is 3.57. The Morgan fingerprint density at radius 1 is 1.03 bits per heavy atom. The molecule has 0 unspecified atom stereocenters. The lowest BCUT2D eigenvalue weighted by Gasteiger charge is -2.27. The molecule has 2 N–H and O–H groups in total. The second kappa shape index (κ2) is 9.80. The highest BCUT2D eigenvalue weighted by Crippen LogP contribution is 2.43. The number of nitrogen functional groups attached to an aromatic ring is 1. The number of rotatable bonds is 8. The van der Waals surface area contributed by atoms with Gasteiger partial charge in [0.05, 0.1) is 25.5 Å². The van der Waals surface area contributed by atoms with E-state index < -0.39 is 24.0 Å². The molecule has 1 aliphatic rings. The maximum absolute atomic E-state index is 15.9. The maximum atomic E-state index is 15.9. The Balaban J connectivity index is 1.45. The molecule has 1 aliphatic heterocycles. The van der Waals surface area contributed by atoms with Gasteiger partial charge >= 0.3 is 0 Å². The maximum Gasteiger partial charge on any atom is 0.226 e. The highest BCUT2D eigenvalue weighted by atomic mass is 19.1. The minimum atomic E-state index is -1.78.